The maximum atomic E-state index is 13.2. The van der Waals surface area contributed by atoms with Gasteiger partial charge in [0.2, 0.25) is 5.82 Å². The van der Waals surface area contributed by atoms with Crippen LogP contribution in [-0.4, -0.2) is 5.97 Å². The second-order valence-electron chi connectivity index (χ2n) is 3.09. The first-order chi connectivity index (χ1) is 8.63. The number of ether oxygens (including phenoxy) is 1. The molecule has 0 aromatic heterocycles. The number of rotatable bonds is 3. The van der Waals surface area contributed by atoms with Crippen molar-refractivity contribution in [2.75, 3.05) is 0 Å². The molecule has 1 aromatic carbocycles. The number of alkyl halides is 2. The zero-order valence-corrected chi connectivity index (χ0v) is 8.75. The van der Waals surface area contributed by atoms with E-state index in [1.807, 2.05) is 0 Å². The van der Waals surface area contributed by atoms with E-state index < -0.39 is 46.7 Å². The highest BCUT2D eigenvalue weighted by Crippen LogP contribution is 2.36. The monoisotopic (exact) mass is 288 g/mol. The molecule has 0 aliphatic heterocycles. The average Bonchev–Trinajstić information content (AvgIpc) is 2.33. The van der Waals surface area contributed by atoms with Gasteiger partial charge in [0.05, 0.1) is 0 Å². The van der Waals surface area contributed by atoms with Crippen molar-refractivity contribution in [1.82, 2.24) is 0 Å². The molecule has 0 aliphatic carbocycles. The first-order valence-corrected chi connectivity index (χ1v) is 4.38. The van der Waals surface area contributed by atoms with E-state index in [1.165, 1.54) is 0 Å². The van der Waals surface area contributed by atoms with E-state index in [1.54, 1.807) is 0 Å². The predicted octanol–water partition coefficient (Wildman–Crippen LogP) is 3.16. The smallest absolute Gasteiger partial charge is 0.394 e. The van der Waals surface area contributed by atoms with E-state index >= 15 is 0 Å². The number of hydrogen-bond donors (Lipinski definition) is 0. The van der Waals surface area contributed by atoms with Gasteiger partial charge in [0.1, 0.15) is 5.56 Å². The fraction of sp³-hybridized carbons (Fsp3) is 0.100. The van der Waals surface area contributed by atoms with Crippen LogP contribution in [0, 0.1) is 29.1 Å². The van der Waals surface area contributed by atoms with Crippen LogP contribution in [0.25, 0.3) is 0 Å². The summed E-state index contributed by atoms with van der Waals surface area (Å²) in [4.78, 5) is 10.5. The van der Waals surface area contributed by atoms with Crippen LogP contribution in [0.5, 0.6) is 0 Å². The highest BCUT2D eigenvalue weighted by Gasteiger charge is 2.45. The van der Waals surface area contributed by atoms with Gasteiger partial charge in [-0.3, -0.25) is 0 Å². The molecule has 9 heteroatoms. The number of carbonyl (C=O) groups is 1. The lowest BCUT2D eigenvalue weighted by molar-refractivity contribution is -0.238. The molecule has 19 heavy (non-hydrogen) atoms. The summed E-state index contributed by atoms with van der Waals surface area (Å²) >= 11 is 0. The van der Waals surface area contributed by atoms with Crippen LogP contribution in [0.1, 0.15) is 5.56 Å². The molecule has 0 atom stereocenters. The van der Waals surface area contributed by atoms with Crippen molar-refractivity contribution in [3.05, 3.63) is 47.3 Å². The van der Waals surface area contributed by atoms with Gasteiger partial charge in [-0.2, -0.15) is 8.78 Å². The van der Waals surface area contributed by atoms with Crippen molar-refractivity contribution in [3.63, 3.8) is 0 Å². The van der Waals surface area contributed by atoms with Crippen LogP contribution in [0.3, 0.4) is 0 Å². The molecule has 0 saturated heterocycles. The Morgan fingerprint density at radius 3 is 1.68 bits per heavy atom. The Morgan fingerprint density at radius 1 is 0.947 bits per heavy atom. The molecule has 0 saturated carbocycles. The molecule has 0 amide bonds. The maximum Gasteiger partial charge on any atom is 0.434 e. The molecule has 0 fully saturated rings. The molecule has 2 nitrogen and oxygen atoms in total. The van der Waals surface area contributed by atoms with Crippen molar-refractivity contribution < 1.29 is 40.3 Å². The van der Waals surface area contributed by atoms with E-state index in [9.17, 15) is 35.5 Å². The second-order valence-corrected chi connectivity index (χ2v) is 3.09. The largest absolute Gasteiger partial charge is 0.434 e. The number of hydrogen-bond acceptors (Lipinski definition) is 2. The van der Waals surface area contributed by atoms with Gasteiger partial charge in [-0.25, -0.2) is 26.7 Å². The zero-order chi connectivity index (χ0) is 15.0. The fourth-order valence-corrected chi connectivity index (χ4v) is 1.08. The summed E-state index contributed by atoms with van der Waals surface area (Å²) in [6, 6.07) is 0. The quantitative estimate of drug-likeness (QED) is 0.281. The topological polar surface area (TPSA) is 26.3 Å². The van der Waals surface area contributed by atoms with Crippen LogP contribution < -0.4 is 0 Å². The maximum absolute atomic E-state index is 13.2. The predicted molar refractivity (Wildman–Crippen MR) is 46.4 cm³/mol. The minimum absolute atomic E-state index is 0.222. The van der Waals surface area contributed by atoms with Gasteiger partial charge in [0, 0.05) is 6.08 Å². The minimum atomic E-state index is -5.05. The van der Waals surface area contributed by atoms with E-state index in [0.29, 0.717) is 0 Å². The lowest BCUT2D eigenvalue weighted by Crippen LogP contribution is -2.26. The normalized spacial score (nSPS) is 11.3. The summed E-state index contributed by atoms with van der Waals surface area (Å²) in [5.74, 6) is -15.2. The summed E-state index contributed by atoms with van der Waals surface area (Å²) in [6.07, 6.45) is -4.82. The number of benzene rings is 1. The Labute approximate surface area is 101 Å². The van der Waals surface area contributed by atoms with Gasteiger partial charge in [0.15, 0.2) is 23.3 Å². The standard InChI is InChI=1S/C10H3F7O2/c1-2-3(18)19-10(16,17)4-5(11)7(13)9(15)8(14)6(4)12/h2H,1H2. The van der Waals surface area contributed by atoms with Gasteiger partial charge in [-0.15, -0.1) is 0 Å². The molecule has 0 aliphatic rings. The highest BCUT2D eigenvalue weighted by atomic mass is 19.3. The van der Waals surface area contributed by atoms with Crippen LogP contribution in [0.4, 0.5) is 30.7 Å². The van der Waals surface area contributed by atoms with Gasteiger partial charge >= 0.3 is 12.1 Å². The molecule has 0 N–H and O–H groups in total. The first-order valence-electron chi connectivity index (χ1n) is 4.38. The number of halogens is 7. The number of esters is 1. The molecule has 0 unspecified atom stereocenters. The van der Waals surface area contributed by atoms with Crippen molar-refractivity contribution in [2.45, 2.75) is 6.11 Å². The van der Waals surface area contributed by atoms with Crippen molar-refractivity contribution >= 4 is 5.97 Å². The lowest BCUT2D eigenvalue weighted by atomic mass is 10.1. The van der Waals surface area contributed by atoms with Gasteiger partial charge in [-0.05, 0) is 0 Å². The van der Waals surface area contributed by atoms with E-state index in [-0.39, 0.29) is 6.08 Å². The summed E-state index contributed by atoms with van der Waals surface area (Å²) in [7, 11) is 0. The third-order valence-electron chi connectivity index (χ3n) is 1.90. The molecule has 0 bridgehead atoms. The number of carbonyl (C=O) groups excluding carboxylic acids is 1. The highest BCUT2D eigenvalue weighted by molar-refractivity contribution is 5.81. The van der Waals surface area contributed by atoms with Crippen LogP contribution in [0.2, 0.25) is 0 Å². The Hall–Kier alpha value is -2.06. The summed E-state index contributed by atoms with van der Waals surface area (Å²) in [5, 5.41) is 0. The fourth-order valence-electron chi connectivity index (χ4n) is 1.08. The van der Waals surface area contributed by atoms with E-state index in [4.69, 9.17) is 0 Å². The first kappa shape index (κ1) is 15.0. The Kier molecular flexibility index (Phi) is 3.87. The molecule has 1 rings (SSSR count). The lowest BCUT2D eigenvalue weighted by Gasteiger charge is -2.17. The summed E-state index contributed by atoms with van der Waals surface area (Å²) < 4.78 is 93.7. The molecule has 0 heterocycles. The van der Waals surface area contributed by atoms with Crippen molar-refractivity contribution in [1.29, 1.82) is 0 Å². The summed E-state index contributed by atoms with van der Waals surface area (Å²) in [6.45, 7) is 2.73. The molecule has 0 spiro atoms. The average molecular weight is 288 g/mol. The third-order valence-corrected chi connectivity index (χ3v) is 1.90. The van der Waals surface area contributed by atoms with E-state index in [2.05, 4.69) is 11.3 Å². The zero-order valence-electron chi connectivity index (χ0n) is 8.75. The third kappa shape index (κ3) is 2.54. The Balaban J connectivity index is 3.50. The second kappa shape index (κ2) is 4.90. The van der Waals surface area contributed by atoms with E-state index in [0.717, 1.165) is 0 Å². The Bertz CT molecular complexity index is 524. The molecule has 0 radical (unpaired) electrons. The molecule has 1 aromatic rings. The molecular weight excluding hydrogens is 285 g/mol. The van der Waals surface area contributed by atoms with Crippen LogP contribution in [0.15, 0.2) is 12.7 Å². The van der Waals surface area contributed by atoms with Crippen LogP contribution in [-0.2, 0) is 15.6 Å². The minimum Gasteiger partial charge on any atom is -0.394 e. The molecular formula is C10H3F7O2. The van der Waals surface area contributed by atoms with Crippen LogP contribution >= 0.6 is 0 Å². The van der Waals surface area contributed by atoms with Crippen molar-refractivity contribution in [3.8, 4) is 0 Å². The summed E-state index contributed by atoms with van der Waals surface area (Å²) in [5.41, 5.74) is -2.56. The van der Waals surface area contributed by atoms with Gasteiger partial charge in [0.25, 0.3) is 0 Å². The van der Waals surface area contributed by atoms with Gasteiger partial charge < -0.3 is 4.74 Å². The van der Waals surface area contributed by atoms with Gasteiger partial charge in [-0.1, -0.05) is 6.58 Å². The van der Waals surface area contributed by atoms with Crippen molar-refractivity contribution in [2.24, 2.45) is 0 Å². The molecule has 104 valence electrons. The Morgan fingerprint density at radius 2 is 1.32 bits per heavy atom. The SMILES string of the molecule is C=CC(=O)OC(F)(F)c1c(F)c(F)c(F)c(F)c1F.